The molecule has 0 amide bonds. The number of rotatable bonds is 0. The molecule has 0 unspecified atom stereocenters. The predicted molar refractivity (Wildman–Crippen MR) is 27.1 cm³/mol. The van der Waals surface area contributed by atoms with Crippen LogP contribution in [0, 0.1) is 0 Å². The van der Waals surface area contributed by atoms with Crippen LogP contribution >= 0.6 is 0 Å². The van der Waals surface area contributed by atoms with Crippen molar-refractivity contribution in [3.63, 3.8) is 0 Å². The molecule has 0 bridgehead atoms. The van der Waals surface area contributed by atoms with Crippen molar-refractivity contribution < 1.29 is 18.8 Å². The summed E-state index contributed by atoms with van der Waals surface area (Å²) >= 11 is 0. The molecule has 0 radical (unpaired) electrons. The van der Waals surface area contributed by atoms with E-state index in [-0.39, 0.29) is 71.9 Å². The van der Waals surface area contributed by atoms with Gasteiger partial charge in [0.1, 0.15) is 0 Å². The summed E-state index contributed by atoms with van der Waals surface area (Å²) in [7, 11) is 0. The molecule has 0 saturated carbocycles. The molecular weight excluding hydrogens is 494 g/mol. The number of halogens is 4. The van der Waals surface area contributed by atoms with E-state index in [9.17, 15) is 0 Å². The van der Waals surface area contributed by atoms with Crippen molar-refractivity contribution >= 4 is 53.1 Å². The van der Waals surface area contributed by atoms with Crippen molar-refractivity contribution in [3.8, 4) is 0 Å². The first-order valence-electron chi connectivity index (χ1n) is 0. The second kappa shape index (κ2) is 86.5. The van der Waals surface area contributed by atoms with Crippen LogP contribution in [-0.4, -0.2) is 53.1 Å². The van der Waals surface area contributed by atoms with Gasteiger partial charge in [-0.15, -0.1) is 0 Å². The van der Waals surface area contributed by atoms with Crippen LogP contribution in [0.5, 0.6) is 0 Å². The molecule has 0 aliphatic carbocycles. The molecule has 6 heteroatoms. The third kappa shape index (κ3) is 49.1. The van der Waals surface area contributed by atoms with Crippen LogP contribution in [0.15, 0.2) is 0 Å². The van der Waals surface area contributed by atoms with E-state index < -0.39 is 0 Å². The zero-order valence-electron chi connectivity index (χ0n) is 2.63. The van der Waals surface area contributed by atoms with Gasteiger partial charge in [0, 0.05) is 0 Å². The Labute approximate surface area is 71.5 Å². The zero-order chi connectivity index (χ0) is 0. The Morgan fingerprint density at radius 2 is 0.333 bits per heavy atom. The normalized spacial score (nSPS) is 0. The Morgan fingerprint density at radius 1 is 0.333 bits per heavy atom. The average molecular weight is 502 g/mol. The summed E-state index contributed by atoms with van der Waals surface area (Å²) < 4.78 is 0. The topological polar surface area (TPSA) is 0 Å². The minimum atomic E-state index is 0. The summed E-state index contributed by atoms with van der Waals surface area (Å²) in [5.74, 6) is 0. The van der Waals surface area contributed by atoms with Crippen LogP contribution in [0.1, 0.15) is 0 Å². The van der Waals surface area contributed by atoms with Crippen molar-refractivity contribution in [3.05, 3.63) is 0 Å². The summed E-state index contributed by atoms with van der Waals surface area (Å²) in [6.07, 6.45) is 0. The minimum absolute atomic E-state index is 0. The maximum absolute atomic E-state index is 0. The van der Waals surface area contributed by atoms with E-state index in [1.54, 1.807) is 0 Å². The molecule has 0 N–H and O–H groups in total. The van der Waals surface area contributed by atoms with Crippen LogP contribution < -0.4 is 0 Å². The van der Waals surface area contributed by atoms with E-state index >= 15 is 0 Å². The SMILES string of the molecule is F.F.F.F.[PoH2].[PoH2]. The first kappa shape index (κ1) is 139. The van der Waals surface area contributed by atoms with Crippen LogP contribution in [0.4, 0.5) is 18.8 Å². The molecule has 0 aliphatic heterocycles. The summed E-state index contributed by atoms with van der Waals surface area (Å²) in [5, 5.41) is 0. The molecular formula is H8F4Po2. The van der Waals surface area contributed by atoms with E-state index in [0.717, 1.165) is 0 Å². The van der Waals surface area contributed by atoms with Gasteiger partial charge >= 0.3 is 53.1 Å². The van der Waals surface area contributed by atoms with Gasteiger partial charge in [-0.3, -0.25) is 18.8 Å². The molecule has 0 fully saturated rings. The molecule has 0 aliphatic rings. The van der Waals surface area contributed by atoms with Crippen LogP contribution in [0.3, 0.4) is 0 Å². The quantitative estimate of drug-likeness (QED) is 0.365. The van der Waals surface area contributed by atoms with Gasteiger partial charge in [-0.25, -0.2) is 0 Å². The molecule has 0 saturated heterocycles. The van der Waals surface area contributed by atoms with Crippen LogP contribution in [0.25, 0.3) is 0 Å². The first-order valence-corrected chi connectivity index (χ1v) is 0. The average Bonchev–Trinajstić information content (AvgIpc) is 0. The second-order valence-electron chi connectivity index (χ2n) is 0. The fourth-order valence-corrected chi connectivity index (χ4v) is 0. The monoisotopic (exact) mass is 502 g/mol. The van der Waals surface area contributed by atoms with Gasteiger partial charge in [0.25, 0.3) is 0 Å². The Kier molecular flexibility index (Phi) is 2010. The van der Waals surface area contributed by atoms with E-state index in [1.807, 2.05) is 0 Å². The molecule has 0 spiro atoms. The number of hydrogen-bond donors (Lipinski definition) is 0. The molecule has 6 heavy (non-hydrogen) atoms. The van der Waals surface area contributed by atoms with Crippen molar-refractivity contribution in [1.29, 1.82) is 0 Å². The maximum atomic E-state index is 0. The fourth-order valence-electron chi connectivity index (χ4n) is 0. The second-order valence-corrected chi connectivity index (χ2v) is 0. The number of hydrogen-bond acceptors (Lipinski definition) is 0. The van der Waals surface area contributed by atoms with Crippen molar-refractivity contribution in [2.24, 2.45) is 0 Å². The Morgan fingerprint density at radius 3 is 0.333 bits per heavy atom. The Hall–Kier alpha value is 1.51. The zero-order valence-corrected chi connectivity index (χ0v) is 10.4. The molecule has 0 aromatic carbocycles. The molecule has 0 heterocycles. The third-order valence-electron chi connectivity index (χ3n) is 0. The van der Waals surface area contributed by atoms with Gasteiger partial charge in [-0.05, 0) is 0 Å². The predicted octanol–water partition coefficient (Wildman–Crippen LogP) is -1.22. The van der Waals surface area contributed by atoms with Gasteiger partial charge in [0.15, 0.2) is 0 Å². The molecule has 0 aromatic heterocycles. The molecule has 0 atom stereocenters. The summed E-state index contributed by atoms with van der Waals surface area (Å²) in [6.45, 7) is 0. The fraction of sp³-hybridized carbons (Fsp3) is 0. The van der Waals surface area contributed by atoms with E-state index in [4.69, 9.17) is 0 Å². The summed E-state index contributed by atoms with van der Waals surface area (Å²) in [4.78, 5) is 0. The molecule has 0 rings (SSSR count). The Bertz CT molecular complexity index is 5.51. The summed E-state index contributed by atoms with van der Waals surface area (Å²) in [6, 6.07) is 0. The van der Waals surface area contributed by atoms with Gasteiger partial charge in [0.05, 0.1) is 0 Å². The van der Waals surface area contributed by atoms with Crippen LogP contribution in [0.2, 0.25) is 0 Å². The van der Waals surface area contributed by atoms with Crippen molar-refractivity contribution in [2.75, 3.05) is 0 Å². The van der Waals surface area contributed by atoms with Gasteiger partial charge in [-0.1, -0.05) is 0 Å². The third-order valence-corrected chi connectivity index (χ3v) is 0. The van der Waals surface area contributed by atoms with Gasteiger partial charge in [0.2, 0.25) is 0 Å². The van der Waals surface area contributed by atoms with Gasteiger partial charge in [-0.2, -0.15) is 0 Å². The standard InChI is InChI=1S/4FH.2Po.4H/h4*1H;;;;;;. The Balaban J connectivity index is 0. The molecule has 48 valence electrons. The van der Waals surface area contributed by atoms with Crippen molar-refractivity contribution in [2.45, 2.75) is 0 Å². The van der Waals surface area contributed by atoms with E-state index in [1.165, 1.54) is 0 Å². The van der Waals surface area contributed by atoms with Crippen LogP contribution in [-0.2, 0) is 0 Å². The summed E-state index contributed by atoms with van der Waals surface area (Å²) in [5.41, 5.74) is 0. The van der Waals surface area contributed by atoms with E-state index in [2.05, 4.69) is 0 Å². The van der Waals surface area contributed by atoms with Crippen molar-refractivity contribution in [1.82, 2.24) is 0 Å². The van der Waals surface area contributed by atoms with Gasteiger partial charge < -0.3 is 0 Å². The molecule has 0 aromatic rings. The first-order chi connectivity index (χ1) is 0. The van der Waals surface area contributed by atoms with E-state index in [0.29, 0.717) is 0 Å². The molecule has 0 nitrogen and oxygen atoms in total.